The van der Waals surface area contributed by atoms with Gasteiger partial charge >= 0.3 is 0 Å². The van der Waals surface area contributed by atoms with Gasteiger partial charge in [0.2, 0.25) is 0 Å². The number of nitrogens with zero attached hydrogens (tertiary/aromatic N) is 1. The van der Waals surface area contributed by atoms with Gasteiger partial charge in [0.1, 0.15) is 5.82 Å². The second-order valence-corrected chi connectivity index (χ2v) is 5.45. The van der Waals surface area contributed by atoms with Crippen LogP contribution in [0.5, 0.6) is 0 Å². The normalized spacial score (nSPS) is 10.3. The molecule has 0 spiro atoms. The molecule has 106 valence electrons. The molecule has 0 bridgehead atoms. The first kappa shape index (κ1) is 14.5. The lowest BCUT2D eigenvalue weighted by Gasteiger charge is -2.08. The maximum absolute atomic E-state index is 12.1. The van der Waals surface area contributed by atoms with E-state index in [-0.39, 0.29) is 5.91 Å². The van der Waals surface area contributed by atoms with Crippen molar-refractivity contribution in [1.82, 2.24) is 10.3 Å². The van der Waals surface area contributed by atoms with E-state index in [4.69, 9.17) is 0 Å². The molecule has 20 heavy (non-hydrogen) atoms. The highest BCUT2D eigenvalue weighted by atomic mass is 32.1. The molecule has 2 aromatic heterocycles. The number of amides is 1. The predicted octanol–water partition coefficient (Wildman–Crippen LogP) is 2.72. The summed E-state index contributed by atoms with van der Waals surface area (Å²) in [5.41, 5.74) is 1.58. The Morgan fingerprint density at radius 2 is 2.25 bits per heavy atom. The third-order valence-corrected chi connectivity index (χ3v) is 3.93. The molecule has 4 nitrogen and oxygen atoms in total. The SMILES string of the molecule is CCc1cc(C(=O)NCCc2cccs2)cc(NC)n1. The summed E-state index contributed by atoms with van der Waals surface area (Å²) < 4.78 is 0. The molecule has 0 aliphatic heterocycles. The minimum absolute atomic E-state index is 0.0462. The highest BCUT2D eigenvalue weighted by Crippen LogP contribution is 2.11. The molecule has 0 fully saturated rings. The van der Waals surface area contributed by atoms with E-state index in [1.807, 2.05) is 24.4 Å². The van der Waals surface area contributed by atoms with E-state index >= 15 is 0 Å². The number of rotatable bonds is 6. The molecule has 0 unspecified atom stereocenters. The zero-order chi connectivity index (χ0) is 14.4. The van der Waals surface area contributed by atoms with Crippen LogP contribution in [0.25, 0.3) is 0 Å². The third-order valence-electron chi connectivity index (χ3n) is 3.00. The Bertz CT molecular complexity index is 544. The molecule has 2 N–H and O–H groups in total. The molecule has 0 saturated carbocycles. The number of aromatic nitrogens is 1. The van der Waals surface area contributed by atoms with Gasteiger partial charge in [-0.15, -0.1) is 11.3 Å². The van der Waals surface area contributed by atoms with Gasteiger partial charge < -0.3 is 10.6 Å². The van der Waals surface area contributed by atoms with Crippen LogP contribution in [-0.2, 0) is 12.8 Å². The zero-order valence-corrected chi connectivity index (χ0v) is 12.6. The van der Waals surface area contributed by atoms with E-state index in [1.54, 1.807) is 24.5 Å². The minimum Gasteiger partial charge on any atom is -0.373 e. The standard InChI is InChI=1S/C15H19N3OS/c1-3-12-9-11(10-14(16-2)18-12)15(19)17-7-6-13-5-4-8-20-13/h4-5,8-10H,3,6-7H2,1-2H3,(H,16,18)(H,17,19). The lowest BCUT2D eigenvalue weighted by Crippen LogP contribution is -2.25. The molecule has 0 radical (unpaired) electrons. The number of thiophene rings is 1. The summed E-state index contributed by atoms with van der Waals surface area (Å²) in [6, 6.07) is 7.73. The van der Waals surface area contributed by atoms with Gasteiger partial charge in [0, 0.05) is 29.7 Å². The summed E-state index contributed by atoms with van der Waals surface area (Å²) in [7, 11) is 1.81. The number of pyridine rings is 1. The fourth-order valence-corrected chi connectivity index (χ4v) is 2.59. The Labute approximate surface area is 123 Å². The van der Waals surface area contributed by atoms with Crippen molar-refractivity contribution in [1.29, 1.82) is 0 Å². The average Bonchev–Trinajstić information content (AvgIpc) is 2.99. The molecule has 0 aromatic carbocycles. The van der Waals surface area contributed by atoms with E-state index in [9.17, 15) is 4.79 Å². The molecule has 0 atom stereocenters. The van der Waals surface area contributed by atoms with Crippen molar-refractivity contribution in [3.63, 3.8) is 0 Å². The second kappa shape index (κ2) is 7.05. The number of carbonyl (C=O) groups excluding carboxylic acids is 1. The van der Waals surface area contributed by atoms with Gasteiger partial charge in [-0.25, -0.2) is 4.98 Å². The van der Waals surface area contributed by atoms with Gasteiger partial charge in [0.05, 0.1) is 0 Å². The molecule has 0 aliphatic rings. The molecule has 2 aromatic rings. The highest BCUT2D eigenvalue weighted by molar-refractivity contribution is 7.09. The van der Waals surface area contributed by atoms with E-state index in [0.29, 0.717) is 12.1 Å². The van der Waals surface area contributed by atoms with Crippen molar-refractivity contribution in [3.8, 4) is 0 Å². The maximum Gasteiger partial charge on any atom is 0.251 e. The van der Waals surface area contributed by atoms with Crippen LogP contribution in [0.2, 0.25) is 0 Å². The lowest BCUT2D eigenvalue weighted by atomic mass is 10.2. The van der Waals surface area contributed by atoms with E-state index in [0.717, 1.165) is 24.4 Å². The van der Waals surface area contributed by atoms with Crippen LogP contribution in [0.3, 0.4) is 0 Å². The van der Waals surface area contributed by atoms with Gasteiger partial charge in [-0.1, -0.05) is 13.0 Å². The van der Waals surface area contributed by atoms with Crippen molar-refractivity contribution in [2.24, 2.45) is 0 Å². The highest BCUT2D eigenvalue weighted by Gasteiger charge is 2.08. The van der Waals surface area contributed by atoms with Gasteiger partial charge in [-0.3, -0.25) is 4.79 Å². The summed E-state index contributed by atoms with van der Waals surface area (Å²) in [6.45, 7) is 2.68. The van der Waals surface area contributed by atoms with Crippen molar-refractivity contribution in [2.75, 3.05) is 18.9 Å². The summed E-state index contributed by atoms with van der Waals surface area (Å²) in [5, 5.41) is 7.99. The monoisotopic (exact) mass is 289 g/mol. The number of anilines is 1. The molecule has 2 rings (SSSR count). The second-order valence-electron chi connectivity index (χ2n) is 4.42. The number of carbonyl (C=O) groups is 1. The number of nitrogens with one attached hydrogen (secondary N) is 2. The molecule has 5 heteroatoms. The van der Waals surface area contributed by atoms with Crippen molar-refractivity contribution >= 4 is 23.1 Å². The molecular weight excluding hydrogens is 270 g/mol. The summed E-state index contributed by atoms with van der Waals surface area (Å²) in [4.78, 5) is 17.8. The Hall–Kier alpha value is -1.88. The van der Waals surface area contributed by atoms with Gasteiger partial charge in [-0.05, 0) is 36.4 Å². The summed E-state index contributed by atoms with van der Waals surface area (Å²) in [6.07, 6.45) is 1.68. The summed E-state index contributed by atoms with van der Waals surface area (Å²) >= 11 is 1.71. The lowest BCUT2D eigenvalue weighted by molar-refractivity contribution is 0.0954. The molecule has 1 amide bonds. The molecule has 0 saturated heterocycles. The van der Waals surface area contributed by atoms with Crippen molar-refractivity contribution in [3.05, 3.63) is 45.8 Å². The third kappa shape index (κ3) is 3.81. The van der Waals surface area contributed by atoms with E-state index in [2.05, 4.69) is 21.7 Å². The first-order chi connectivity index (χ1) is 9.72. The number of hydrogen-bond donors (Lipinski definition) is 2. The fourth-order valence-electron chi connectivity index (χ4n) is 1.88. The minimum atomic E-state index is -0.0462. The largest absolute Gasteiger partial charge is 0.373 e. The first-order valence-electron chi connectivity index (χ1n) is 6.72. The Morgan fingerprint density at radius 3 is 2.90 bits per heavy atom. The summed E-state index contributed by atoms with van der Waals surface area (Å²) in [5.74, 6) is 0.683. The quantitative estimate of drug-likeness (QED) is 0.859. The Morgan fingerprint density at radius 1 is 1.40 bits per heavy atom. The van der Waals surface area contributed by atoms with Gasteiger partial charge in [-0.2, -0.15) is 0 Å². The van der Waals surface area contributed by atoms with E-state index in [1.165, 1.54) is 4.88 Å². The van der Waals surface area contributed by atoms with Crippen molar-refractivity contribution in [2.45, 2.75) is 19.8 Å². The zero-order valence-electron chi connectivity index (χ0n) is 11.8. The number of hydrogen-bond acceptors (Lipinski definition) is 4. The molecule has 2 heterocycles. The van der Waals surface area contributed by atoms with Crippen LogP contribution >= 0.6 is 11.3 Å². The average molecular weight is 289 g/mol. The predicted molar refractivity (Wildman–Crippen MR) is 83.5 cm³/mol. The van der Waals surface area contributed by atoms with Crippen LogP contribution < -0.4 is 10.6 Å². The Balaban J connectivity index is 1.97. The van der Waals surface area contributed by atoms with Crippen molar-refractivity contribution < 1.29 is 4.79 Å². The van der Waals surface area contributed by atoms with Crippen LogP contribution in [0.1, 0.15) is 27.9 Å². The van der Waals surface area contributed by atoms with Crippen LogP contribution in [0.4, 0.5) is 5.82 Å². The number of aryl methyl sites for hydroxylation is 1. The first-order valence-corrected chi connectivity index (χ1v) is 7.60. The van der Waals surface area contributed by atoms with Gasteiger partial charge in [0.25, 0.3) is 5.91 Å². The molecular formula is C15H19N3OS. The fraction of sp³-hybridized carbons (Fsp3) is 0.333. The smallest absolute Gasteiger partial charge is 0.251 e. The van der Waals surface area contributed by atoms with Gasteiger partial charge in [0.15, 0.2) is 0 Å². The maximum atomic E-state index is 12.1. The topological polar surface area (TPSA) is 54.0 Å². The molecule has 0 aliphatic carbocycles. The van der Waals surface area contributed by atoms with Crippen LogP contribution in [0, 0.1) is 0 Å². The van der Waals surface area contributed by atoms with Crippen LogP contribution in [-0.4, -0.2) is 24.5 Å². The Kier molecular flexibility index (Phi) is 5.12. The van der Waals surface area contributed by atoms with E-state index < -0.39 is 0 Å². The van der Waals surface area contributed by atoms with Crippen LogP contribution in [0.15, 0.2) is 29.6 Å².